The molecule has 2 atom stereocenters. The molecule has 1 fully saturated rings. The van der Waals surface area contributed by atoms with E-state index in [0.29, 0.717) is 19.5 Å². The van der Waals surface area contributed by atoms with Gasteiger partial charge in [0.15, 0.2) is 0 Å². The lowest BCUT2D eigenvalue weighted by Crippen LogP contribution is -2.40. The Morgan fingerprint density at radius 3 is 2.52 bits per heavy atom. The molecule has 1 aliphatic heterocycles. The summed E-state index contributed by atoms with van der Waals surface area (Å²) in [5, 5.41) is 2.50. The predicted octanol–water partition coefficient (Wildman–Crippen LogP) is 4.01. The highest BCUT2D eigenvalue weighted by molar-refractivity contribution is 7.81. The van der Waals surface area contributed by atoms with Crippen LogP contribution in [0.1, 0.15) is 25.3 Å². The number of carbonyl (C=O) groups is 2. The molecule has 0 spiro atoms. The Hall–Kier alpha value is -2.67. The zero-order chi connectivity index (χ0) is 20.6. The van der Waals surface area contributed by atoms with Crippen LogP contribution in [-0.4, -0.2) is 41.3 Å². The van der Waals surface area contributed by atoms with Crippen molar-refractivity contribution in [3.8, 4) is 11.5 Å². The van der Waals surface area contributed by atoms with E-state index in [1.54, 1.807) is 4.90 Å². The van der Waals surface area contributed by atoms with Gasteiger partial charge in [0, 0.05) is 24.8 Å². The topological polar surface area (TPSA) is 67.9 Å². The average Bonchev–Trinajstić information content (AvgIpc) is 2.99. The lowest BCUT2D eigenvalue weighted by Gasteiger charge is -2.26. The molecular formula is C22H26N2O4S. The number of thiol groups is 1. The van der Waals surface area contributed by atoms with Gasteiger partial charge in [0.25, 0.3) is 0 Å². The Labute approximate surface area is 176 Å². The molecule has 2 amide bonds. The van der Waals surface area contributed by atoms with Crippen molar-refractivity contribution >= 4 is 24.6 Å². The quantitative estimate of drug-likeness (QED) is 0.641. The molecule has 0 unspecified atom stereocenters. The maximum absolute atomic E-state index is 12.4. The molecule has 6 nitrogen and oxygen atoms in total. The Bertz CT molecular complexity index is 813. The van der Waals surface area contributed by atoms with Crippen LogP contribution in [0.2, 0.25) is 0 Å². The van der Waals surface area contributed by atoms with E-state index in [4.69, 9.17) is 9.47 Å². The fourth-order valence-electron chi connectivity index (χ4n) is 3.15. The van der Waals surface area contributed by atoms with Crippen LogP contribution < -0.4 is 10.1 Å². The molecule has 1 heterocycles. The number of para-hydroxylation sites is 1. The number of benzene rings is 2. The van der Waals surface area contributed by atoms with Crippen LogP contribution in [0.3, 0.4) is 0 Å². The fourth-order valence-corrected chi connectivity index (χ4v) is 3.56. The molecule has 0 radical (unpaired) electrons. The lowest BCUT2D eigenvalue weighted by atomic mass is 10.2. The van der Waals surface area contributed by atoms with Crippen molar-refractivity contribution in [2.45, 2.75) is 37.6 Å². The minimum atomic E-state index is -0.464. The zero-order valence-corrected chi connectivity index (χ0v) is 17.3. The van der Waals surface area contributed by atoms with E-state index in [1.165, 1.54) is 0 Å². The summed E-state index contributed by atoms with van der Waals surface area (Å²) in [6, 6.07) is 16.9. The molecule has 7 heteroatoms. The Morgan fingerprint density at radius 1 is 1.14 bits per heavy atom. The zero-order valence-electron chi connectivity index (χ0n) is 16.4. The van der Waals surface area contributed by atoms with Crippen molar-refractivity contribution in [1.82, 2.24) is 10.2 Å². The number of alkyl carbamates (subject to hydrolysis) is 1. The summed E-state index contributed by atoms with van der Waals surface area (Å²) in [6.07, 6.45) is 0.708. The second-order valence-electron chi connectivity index (χ2n) is 6.94. The van der Waals surface area contributed by atoms with Crippen LogP contribution >= 0.6 is 12.6 Å². The number of hydrogen-bond acceptors (Lipinski definition) is 5. The number of rotatable bonds is 8. The summed E-state index contributed by atoms with van der Waals surface area (Å²) >= 11 is 4.52. The fraction of sp³-hybridized carbons (Fsp3) is 0.364. The molecule has 0 aliphatic carbocycles. The molecule has 0 aromatic heterocycles. The third kappa shape index (κ3) is 5.90. The summed E-state index contributed by atoms with van der Waals surface area (Å²) in [6.45, 7) is 3.10. The molecule has 2 aromatic rings. The minimum absolute atomic E-state index is 0.0113. The predicted molar refractivity (Wildman–Crippen MR) is 114 cm³/mol. The van der Waals surface area contributed by atoms with Gasteiger partial charge in [-0.05, 0) is 36.2 Å². The number of hydrogen-bond donors (Lipinski definition) is 2. The summed E-state index contributed by atoms with van der Waals surface area (Å²) in [4.78, 5) is 25.9. The first-order chi connectivity index (χ1) is 14.1. The van der Waals surface area contributed by atoms with E-state index in [9.17, 15) is 9.59 Å². The average molecular weight is 415 g/mol. The normalized spacial score (nSPS) is 18.6. The first kappa shape index (κ1) is 21.0. The van der Waals surface area contributed by atoms with Crippen molar-refractivity contribution in [2.75, 3.05) is 13.2 Å². The summed E-state index contributed by atoms with van der Waals surface area (Å²) < 4.78 is 11.1. The van der Waals surface area contributed by atoms with Crippen LogP contribution in [-0.2, 0) is 16.1 Å². The minimum Gasteiger partial charge on any atom is -0.457 e. The number of carbonyl (C=O) groups excluding carboxylic acids is 2. The SMILES string of the molecule is CCCNC(=O)OC[C@@H]1[C@@H](S)CC(=O)N1Cc1ccc(Oc2ccccc2)cc1. The van der Waals surface area contributed by atoms with Crippen LogP contribution in [0.4, 0.5) is 4.79 Å². The van der Waals surface area contributed by atoms with Crippen LogP contribution in [0.5, 0.6) is 11.5 Å². The first-order valence-electron chi connectivity index (χ1n) is 9.77. The van der Waals surface area contributed by atoms with Crippen molar-refractivity contribution in [2.24, 2.45) is 0 Å². The maximum Gasteiger partial charge on any atom is 0.407 e. The second kappa shape index (κ2) is 10.2. The van der Waals surface area contributed by atoms with Crippen molar-refractivity contribution in [3.63, 3.8) is 0 Å². The van der Waals surface area contributed by atoms with Crippen molar-refractivity contribution in [3.05, 3.63) is 60.2 Å². The van der Waals surface area contributed by atoms with E-state index < -0.39 is 6.09 Å². The van der Waals surface area contributed by atoms with Crippen molar-refractivity contribution in [1.29, 1.82) is 0 Å². The highest BCUT2D eigenvalue weighted by Gasteiger charge is 2.38. The van der Waals surface area contributed by atoms with E-state index in [2.05, 4.69) is 17.9 Å². The molecular weight excluding hydrogens is 388 g/mol. The number of nitrogens with zero attached hydrogens (tertiary/aromatic N) is 1. The highest BCUT2D eigenvalue weighted by atomic mass is 32.1. The van der Waals surface area contributed by atoms with Gasteiger partial charge >= 0.3 is 6.09 Å². The van der Waals surface area contributed by atoms with Gasteiger partial charge in [-0.3, -0.25) is 4.79 Å². The smallest absolute Gasteiger partial charge is 0.407 e. The Morgan fingerprint density at radius 2 is 1.83 bits per heavy atom. The van der Waals surface area contributed by atoms with Crippen molar-refractivity contribution < 1.29 is 19.1 Å². The maximum atomic E-state index is 12.4. The monoisotopic (exact) mass is 414 g/mol. The lowest BCUT2D eigenvalue weighted by molar-refractivity contribution is -0.130. The first-order valence-corrected chi connectivity index (χ1v) is 10.3. The number of amides is 2. The molecule has 1 N–H and O–H groups in total. The molecule has 0 saturated carbocycles. The molecule has 2 aromatic carbocycles. The largest absolute Gasteiger partial charge is 0.457 e. The van der Waals surface area contributed by atoms with Crippen LogP contribution in [0.15, 0.2) is 54.6 Å². The molecule has 29 heavy (non-hydrogen) atoms. The third-order valence-electron chi connectivity index (χ3n) is 4.71. The number of ether oxygens (including phenoxy) is 2. The standard InChI is InChI=1S/C22H26N2O4S/c1-2-12-23-22(26)27-15-19-20(29)13-21(25)24(19)14-16-8-10-18(11-9-16)28-17-6-4-3-5-7-17/h3-11,19-20,29H,2,12-15H2,1H3,(H,23,26)/t19-,20+/m1/s1. The van der Waals surface area contributed by atoms with Gasteiger partial charge in [0.2, 0.25) is 5.91 Å². The van der Waals surface area contributed by atoms with E-state index in [0.717, 1.165) is 23.5 Å². The Kier molecular flexibility index (Phi) is 7.41. The van der Waals surface area contributed by atoms with Gasteiger partial charge in [0.1, 0.15) is 18.1 Å². The number of likely N-dealkylation sites (tertiary alicyclic amines) is 1. The van der Waals surface area contributed by atoms with Gasteiger partial charge in [0.05, 0.1) is 6.04 Å². The van der Waals surface area contributed by atoms with Crippen LogP contribution in [0, 0.1) is 0 Å². The third-order valence-corrected chi connectivity index (χ3v) is 5.24. The summed E-state index contributed by atoms with van der Waals surface area (Å²) in [5.74, 6) is 1.51. The molecule has 3 rings (SSSR count). The summed E-state index contributed by atoms with van der Waals surface area (Å²) in [7, 11) is 0. The molecule has 0 bridgehead atoms. The Balaban J connectivity index is 1.59. The molecule has 154 valence electrons. The second-order valence-corrected chi connectivity index (χ2v) is 7.61. The number of nitrogens with one attached hydrogen (secondary N) is 1. The van der Waals surface area contributed by atoms with Gasteiger partial charge in [-0.15, -0.1) is 0 Å². The molecule has 1 aliphatic rings. The summed E-state index contributed by atoms with van der Waals surface area (Å²) in [5.41, 5.74) is 0.974. The van der Waals surface area contributed by atoms with E-state index in [-0.39, 0.29) is 23.8 Å². The van der Waals surface area contributed by atoms with E-state index >= 15 is 0 Å². The van der Waals surface area contributed by atoms with Gasteiger partial charge < -0.3 is 19.7 Å². The van der Waals surface area contributed by atoms with Gasteiger partial charge in [-0.1, -0.05) is 37.3 Å². The highest BCUT2D eigenvalue weighted by Crippen LogP contribution is 2.27. The van der Waals surface area contributed by atoms with Crippen LogP contribution in [0.25, 0.3) is 0 Å². The van der Waals surface area contributed by atoms with Gasteiger partial charge in [-0.25, -0.2) is 4.79 Å². The van der Waals surface area contributed by atoms with Gasteiger partial charge in [-0.2, -0.15) is 12.6 Å². The molecule has 1 saturated heterocycles. The van der Waals surface area contributed by atoms with E-state index in [1.807, 2.05) is 61.5 Å².